The van der Waals surface area contributed by atoms with E-state index in [2.05, 4.69) is 27.6 Å². The standard InChI is InChI=1S/C34H32FIN2O6S/c1-6-42-33(40)29-20(4)37-34-38(30(29)22-11-13-24(14-12-22)44-19(2)3)32(39)28(45-34)17-21-15-26(36)31(27(16-21)41-5)43-18-23-9-7-8-10-25(23)35/h7-17,19,30H,6,18H2,1-5H3/b28-17-/t30-/m0/s1. The minimum Gasteiger partial charge on any atom is -0.493 e. The average molecular weight is 743 g/mol. The van der Waals surface area contributed by atoms with E-state index < -0.39 is 12.0 Å². The van der Waals surface area contributed by atoms with E-state index in [1.165, 1.54) is 24.5 Å². The molecule has 0 radical (unpaired) electrons. The number of methoxy groups -OCH3 is 1. The van der Waals surface area contributed by atoms with Gasteiger partial charge in [0, 0.05) is 5.56 Å². The molecule has 0 aliphatic carbocycles. The topological polar surface area (TPSA) is 88.4 Å². The molecule has 2 heterocycles. The number of carbonyl (C=O) groups excluding carboxylic acids is 1. The summed E-state index contributed by atoms with van der Waals surface area (Å²) in [4.78, 5) is 32.3. The van der Waals surface area contributed by atoms with Gasteiger partial charge in [-0.25, -0.2) is 14.2 Å². The Bertz CT molecular complexity index is 1950. The molecular weight excluding hydrogens is 710 g/mol. The molecule has 11 heteroatoms. The summed E-state index contributed by atoms with van der Waals surface area (Å²) >= 11 is 3.36. The monoisotopic (exact) mass is 742 g/mol. The van der Waals surface area contributed by atoms with Crippen LogP contribution in [-0.4, -0.2) is 30.4 Å². The Morgan fingerprint density at radius 3 is 2.56 bits per heavy atom. The number of benzene rings is 3. The number of allylic oxidation sites excluding steroid dienone is 1. The van der Waals surface area contributed by atoms with E-state index in [9.17, 15) is 14.0 Å². The van der Waals surface area contributed by atoms with Crippen molar-refractivity contribution in [3.8, 4) is 17.2 Å². The molecule has 0 spiro atoms. The van der Waals surface area contributed by atoms with Gasteiger partial charge in [0.2, 0.25) is 0 Å². The summed E-state index contributed by atoms with van der Waals surface area (Å²) < 4.78 is 39.6. The molecule has 1 aliphatic heterocycles. The fourth-order valence-electron chi connectivity index (χ4n) is 4.99. The Kier molecular flexibility index (Phi) is 10.1. The second-order valence-electron chi connectivity index (χ2n) is 10.5. The molecule has 0 fully saturated rings. The molecule has 8 nitrogen and oxygen atoms in total. The van der Waals surface area contributed by atoms with Gasteiger partial charge in [-0.3, -0.25) is 9.36 Å². The predicted molar refractivity (Wildman–Crippen MR) is 179 cm³/mol. The van der Waals surface area contributed by atoms with Crippen molar-refractivity contribution in [1.29, 1.82) is 0 Å². The molecule has 0 bridgehead atoms. The van der Waals surface area contributed by atoms with Gasteiger partial charge in [-0.1, -0.05) is 41.7 Å². The van der Waals surface area contributed by atoms with Gasteiger partial charge in [-0.15, -0.1) is 0 Å². The molecule has 0 amide bonds. The second-order valence-corrected chi connectivity index (χ2v) is 12.6. The third-order valence-electron chi connectivity index (χ3n) is 6.96. The third-order valence-corrected chi connectivity index (χ3v) is 8.75. The zero-order chi connectivity index (χ0) is 32.2. The number of rotatable bonds is 10. The lowest BCUT2D eigenvalue weighted by atomic mass is 9.96. The van der Waals surface area contributed by atoms with Gasteiger partial charge >= 0.3 is 5.97 Å². The van der Waals surface area contributed by atoms with Crippen LogP contribution in [0.5, 0.6) is 17.2 Å². The summed E-state index contributed by atoms with van der Waals surface area (Å²) in [5.74, 6) is 0.729. The lowest BCUT2D eigenvalue weighted by molar-refractivity contribution is -0.139. The van der Waals surface area contributed by atoms with Crippen molar-refractivity contribution in [3.05, 3.63) is 118 Å². The summed E-state index contributed by atoms with van der Waals surface area (Å²) in [5, 5.41) is 0. The van der Waals surface area contributed by atoms with Crippen molar-refractivity contribution in [2.24, 2.45) is 4.99 Å². The van der Waals surface area contributed by atoms with Crippen LogP contribution in [-0.2, 0) is 16.1 Å². The number of halogens is 2. The van der Waals surface area contributed by atoms with Crippen LogP contribution in [0.3, 0.4) is 0 Å². The van der Waals surface area contributed by atoms with Crippen LogP contribution in [0.15, 0.2) is 81.7 Å². The van der Waals surface area contributed by atoms with Crippen LogP contribution in [0.4, 0.5) is 4.39 Å². The van der Waals surface area contributed by atoms with Crippen molar-refractivity contribution in [2.45, 2.75) is 46.4 Å². The quantitative estimate of drug-likeness (QED) is 0.148. The maximum absolute atomic E-state index is 14.2. The normalized spacial score (nSPS) is 14.7. The fourth-order valence-corrected chi connectivity index (χ4v) is 6.82. The second kappa shape index (κ2) is 14.0. The summed E-state index contributed by atoms with van der Waals surface area (Å²) in [7, 11) is 1.52. The smallest absolute Gasteiger partial charge is 0.338 e. The van der Waals surface area contributed by atoms with Crippen molar-refractivity contribution < 1.29 is 28.1 Å². The van der Waals surface area contributed by atoms with Crippen LogP contribution in [0.1, 0.15) is 50.4 Å². The number of carbonyl (C=O) groups is 1. The van der Waals surface area contributed by atoms with Gasteiger partial charge < -0.3 is 18.9 Å². The van der Waals surface area contributed by atoms with Crippen LogP contribution < -0.4 is 29.1 Å². The molecule has 1 aromatic heterocycles. The molecule has 0 unspecified atom stereocenters. The number of thiazole rings is 1. The molecule has 1 atom stereocenters. The number of fused-ring (bicyclic) bond motifs is 1. The van der Waals surface area contributed by atoms with E-state index >= 15 is 0 Å². The summed E-state index contributed by atoms with van der Waals surface area (Å²) in [6.07, 6.45) is 1.76. The van der Waals surface area contributed by atoms with Crippen LogP contribution in [0, 0.1) is 9.39 Å². The van der Waals surface area contributed by atoms with Gasteiger partial charge in [0.1, 0.15) is 18.2 Å². The average Bonchev–Trinajstić information content (AvgIpc) is 3.30. The van der Waals surface area contributed by atoms with Crippen LogP contribution in [0.2, 0.25) is 0 Å². The molecule has 1 aliphatic rings. The highest BCUT2D eigenvalue weighted by molar-refractivity contribution is 14.1. The van der Waals surface area contributed by atoms with Crippen LogP contribution >= 0.6 is 33.9 Å². The van der Waals surface area contributed by atoms with Gasteiger partial charge in [0.15, 0.2) is 16.3 Å². The maximum atomic E-state index is 14.2. The Morgan fingerprint density at radius 1 is 1.16 bits per heavy atom. The largest absolute Gasteiger partial charge is 0.493 e. The van der Waals surface area contributed by atoms with Crippen molar-refractivity contribution in [3.63, 3.8) is 0 Å². The van der Waals surface area contributed by atoms with Gasteiger partial charge in [0.05, 0.1) is 45.2 Å². The highest BCUT2D eigenvalue weighted by Gasteiger charge is 2.33. The highest BCUT2D eigenvalue weighted by atomic mass is 127. The lowest BCUT2D eigenvalue weighted by Gasteiger charge is -2.25. The molecular formula is C34H32FIN2O6S. The number of hydrogen-bond donors (Lipinski definition) is 0. The minimum absolute atomic E-state index is 0.0000670. The van der Waals surface area contributed by atoms with Crippen molar-refractivity contribution in [1.82, 2.24) is 4.57 Å². The van der Waals surface area contributed by atoms with E-state index in [1.54, 1.807) is 48.8 Å². The molecule has 0 N–H and O–H groups in total. The van der Waals surface area contributed by atoms with E-state index in [-0.39, 0.29) is 30.7 Å². The third kappa shape index (κ3) is 6.99. The lowest BCUT2D eigenvalue weighted by Crippen LogP contribution is -2.39. The van der Waals surface area contributed by atoms with E-state index in [0.717, 1.165) is 9.13 Å². The van der Waals surface area contributed by atoms with Crippen LogP contribution in [0.25, 0.3) is 6.08 Å². The molecule has 0 saturated heterocycles. The first-order valence-corrected chi connectivity index (χ1v) is 16.2. The van der Waals surface area contributed by atoms with Gasteiger partial charge in [-0.2, -0.15) is 0 Å². The number of hydrogen-bond acceptors (Lipinski definition) is 8. The van der Waals surface area contributed by atoms with E-state index in [0.29, 0.717) is 49.0 Å². The fraction of sp³-hybridized carbons (Fsp3) is 0.265. The van der Waals surface area contributed by atoms with Gasteiger partial charge in [-0.05, 0) is 97.8 Å². The Labute approximate surface area is 277 Å². The number of nitrogens with zero attached hydrogens (tertiary/aromatic N) is 2. The minimum atomic E-state index is -0.737. The highest BCUT2D eigenvalue weighted by Crippen LogP contribution is 2.35. The first-order chi connectivity index (χ1) is 21.6. The molecule has 5 rings (SSSR count). The number of ether oxygens (including phenoxy) is 4. The maximum Gasteiger partial charge on any atom is 0.338 e. The SMILES string of the molecule is CCOC(=O)C1=C(C)N=c2s/c(=C\c3cc(I)c(OCc4ccccc4F)c(OC)c3)c(=O)n2[C@H]1c1ccc(OC(C)C)cc1. The van der Waals surface area contributed by atoms with Gasteiger partial charge in [0.25, 0.3) is 5.56 Å². The van der Waals surface area contributed by atoms with E-state index in [4.69, 9.17) is 18.9 Å². The predicted octanol–water partition coefficient (Wildman–Crippen LogP) is 5.92. The Hall–Kier alpha value is -3.97. The number of aromatic nitrogens is 1. The Morgan fingerprint density at radius 2 is 1.89 bits per heavy atom. The zero-order valence-electron chi connectivity index (χ0n) is 25.4. The summed E-state index contributed by atoms with van der Waals surface area (Å²) in [5.41, 5.74) is 2.35. The molecule has 4 aromatic rings. The molecule has 3 aromatic carbocycles. The summed E-state index contributed by atoms with van der Waals surface area (Å²) in [6.45, 7) is 7.60. The first kappa shape index (κ1) is 32.4. The summed E-state index contributed by atoms with van der Waals surface area (Å²) in [6, 6.07) is 16.7. The van der Waals surface area contributed by atoms with Crippen molar-refractivity contribution >= 4 is 46.0 Å². The zero-order valence-corrected chi connectivity index (χ0v) is 28.4. The molecule has 234 valence electrons. The van der Waals surface area contributed by atoms with E-state index in [1.807, 2.05) is 44.2 Å². The molecule has 0 saturated carbocycles. The first-order valence-electron chi connectivity index (χ1n) is 14.3. The Balaban J connectivity index is 1.57. The number of esters is 1. The van der Waals surface area contributed by atoms with Crippen molar-refractivity contribution in [2.75, 3.05) is 13.7 Å². The molecule has 45 heavy (non-hydrogen) atoms.